The zero-order valence-corrected chi connectivity index (χ0v) is 21.3. The molecule has 3 heterocycles. The quantitative estimate of drug-likeness (QED) is 0.420. The number of nitrogens with zero attached hydrogens (tertiary/aromatic N) is 6. The Morgan fingerprint density at radius 2 is 1.65 bits per heavy atom. The summed E-state index contributed by atoms with van der Waals surface area (Å²) in [6, 6.07) is 15.6. The van der Waals surface area contributed by atoms with E-state index in [4.69, 9.17) is 0 Å². The smallest absolute Gasteiger partial charge is 0.333 e. The first-order valence-corrected chi connectivity index (χ1v) is 12.5. The van der Waals surface area contributed by atoms with Crippen molar-refractivity contribution in [2.75, 3.05) is 31.1 Å². The van der Waals surface area contributed by atoms with E-state index < -0.39 is 11.2 Å². The maximum atomic E-state index is 13.3. The van der Waals surface area contributed by atoms with Gasteiger partial charge in [-0.15, -0.1) is 0 Å². The van der Waals surface area contributed by atoms with Crippen LogP contribution in [0.15, 0.2) is 64.3 Å². The monoisotopic (exact) mass is 498 g/mol. The predicted octanol–water partition coefficient (Wildman–Crippen LogP) is 2.61. The zero-order valence-electron chi connectivity index (χ0n) is 21.3. The molecule has 190 valence electrons. The first-order chi connectivity index (χ1) is 17.9. The van der Waals surface area contributed by atoms with Crippen molar-refractivity contribution in [3.8, 4) is 11.4 Å². The molecule has 1 fully saturated rings. The number of aryl methyl sites for hydroxylation is 2. The predicted molar refractivity (Wildman–Crippen MR) is 144 cm³/mol. The van der Waals surface area contributed by atoms with Crippen LogP contribution in [0.3, 0.4) is 0 Å². The third kappa shape index (κ3) is 4.52. The van der Waals surface area contributed by atoms with E-state index in [2.05, 4.69) is 40.8 Å². The first-order valence-electron chi connectivity index (χ1n) is 12.5. The average Bonchev–Trinajstić information content (AvgIpc) is 2.93. The fraction of sp³-hybridized carbons (Fsp3) is 0.321. The minimum Gasteiger partial charge on any atom is -0.368 e. The molecule has 2 aromatic heterocycles. The molecule has 2 aromatic carbocycles. The second-order valence-corrected chi connectivity index (χ2v) is 9.30. The summed E-state index contributed by atoms with van der Waals surface area (Å²) < 4.78 is 2.44. The minimum atomic E-state index is -0.549. The molecular weight excluding hydrogens is 468 g/mol. The number of amides is 1. The highest BCUT2D eigenvalue weighted by molar-refractivity contribution is 5.78. The summed E-state index contributed by atoms with van der Waals surface area (Å²) in [5.41, 5.74) is 3.63. The van der Waals surface area contributed by atoms with Gasteiger partial charge in [0.1, 0.15) is 11.9 Å². The van der Waals surface area contributed by atoms with Crippen molar-refractivity contribution >= 4 is 22.6 Å². The fourth-order valence-corrected chi connectivity index (χ4v) is 4.86. The summed E-state index contributed by atoms with van der Waals surface area (Å²) in [7, 11) is 0. The number of aromatic nitrogens is 4. The van der Waals surface area contributed by atoms with Crippen LogP contribution in [0, 0.1) is 13.8 Å². The van der Waals surface area contributed by atoms with Gasteiger partial charge in [-0.05, 0) is 38.0 Å². The van der Waals surface area contributed by atoms with E-state index in [-0.39, 0.29) is 23.5 Å². The van der Waals surface area contributed by atoms with E-state index in [0.717, 1.165) is 10.1 Å². The Morgan fingerprint density at radius 1 is 0.919 bits per heavy atom. The molecule has 0 saturated carbocycles. The first kappa shape index (κ1) is 24.4. The molecule has 1 saturated heterocycles. The van der Waals surface area contributed by atoms with Crippen LogP contribution in [-0.4, -0.2) is 56.1 Å². The molecular formula is C28H30N6O3. The zero-order chi connectivity index (χ0) is 26.1. The second-order valence-electron chi connectivity index (χ2n) is 9.30. The molecule has 0 spiro atoms. The Morgan fingerprint density at radius 3 is 2.35 bits per heavy atom. The van der Waals surface area contributed by atoms with Crippen LogP contribution in [-0.2, 0) is 17.9 Å². The van der Waals surface area contributed by atoms with Gasteiger partial charge in [-0.1, -0.05) is 42.5 Å². The van der Waals surface area contributed by atoms with E-state index in [1.54, 1.807) is 4.90 Å². The second kappa shape index (κ2) is 10.0. The van der Waals surface area contributed by atoms with Gasteiger partial charge in [-0.2, -0.15) is 0 Å². The SMILES string of the molecule is CCn1c(=O)n(CC(=O)N2CCN(c3cccc(C)c3C)CC2)c(=O)c2cnc(-c3ccccc3)nc21. The number of hydrogen-bond acceptors (Lipinski definition) is 6. The summed E-state index contributed by atoms with van der Waals surface area (Å²) in [6.45, 7) is 8.46. The van der Waals surface area contributed by atoms with Crippen LogP contribution in [0.4, 0.5) is 5.69 Å². The highest BCUT2D eigenvalue weighted by Crippen LogP contribution is 2.24. The van der Waals surface area contributed by atoms with Crippen LogP contribution in [0.5, 0.6) is 0 Å². The van der Waals surface area contributed by atoms with Crippen molar-refractivity contribution in [2.45, 2.75) is 33.9 Å². The molecule has 1 aliphatic heterocycles. The number of anilines is 1. The number of carbonyl (C=O) groups is 1. The highest BCUT2D eigenvalue weighted by Gasteiger charge is 2.24. The Hall–Kier alpha value is -4.27. The molecule has 1 aliphatic rings. The lowest BCUT2D eigenvalue weighted by Gasteiger charge is -2.37. The lowest BCUT2D eigenvalue weighted by Crippen LogP contribution is -2.51. The van der Waals surface area contributed by atoms with E-state index >= 15 is 0 Å². The molecule has 0 radical (unpaired) electrons. The Balaban J connectivity index is 1.39. The van der Waals surface area contributed by atoms with Crippen molar-refractivity contribution < 1.29 is 4.79 Å². The van der Waals surface area contributed by atoms with Gasteiger partial charge in [0.25, 0.3) is 5.56 Å². The molecule has 0 atom stereocenters. The standard InChI is InChI=1S/C28H30N6O3/c1-4-33-26-22(17-29-25(30-26)21-10-6-5-7-11-21)27(36)34(28(33)37)18-24(35)32-15-13-31(14-16-32)23-12-8-9-19(2)20(23)3/h5-12,17H,4,13-16,18H2,1-3H3. The van der Waals surface area contributed by atoms with Gasteiger partial charge in [0, 0.05) is 50.2 Å². The molecule has 4 aromatic rings. The summed E-state index contributed by atoms with van der Waals surface area (Å²) in [5.74, 6) is 0.188. The topological polar surface area (TPSA) is 93.3 Å². The maximum absolute atomic E-state index is 13.3. The van der Waals surface area contributed by atoms with Gasteiger partial charge < -0.3 is 9.80 Å². The van der Waals surface area contributed by atoms with E-state index in [9.17, 15) is 14.4 Å². The molecule has 9 heteroatoms. The highest BCUT2D eigenvalue weighted by atomic mass is 16.2. The molecule has 1 amide bonds. The third-order valence-electron chi connectivity index (χ3n) is 7.15. The van der Waals surface area contributed by atoms with Crippen molar-refractivity contribution in [3.63, 3.8) is 0 Å². The lowest BCUT2D eigenvalue weighted by atomic mass is 10.1. The molecule has 9 nitrogen and oxygen atoms in total. The Bertz CT molecular complexity index is 1580. The molecule has 0 bridgehead atoms. The van der Waals surface area contributed by atoms with Crippen LogP contribution >= 0.6 is 0 Å². The Labute approximate surface area is 214 Å². The lowest BCUT2D eigenvalue weighted by molar-refractivity contribution is -0.132. The number of benzene rings is 2. The van der Waals surface area contributed by atoms with Gasteiger partial charge >= 0.3 is 5.69 Å². The molecule has 37 heavy (non-hydrogen) atoms. The summed E-state index contributed by atoms with van der Waals surface area (Å²) in [6.07, 6.45) is 1.45. The number of rotatable bonds is 5. The molecule has 0 aliphatic carbocycles. The third-order valence-corrected chi connectivity index (χ3v) is 7.15. The largest absolute Gasteiger partial charge is 0.368 e. The number of hydrogen-bond donors (Lipinski definition) is 0. The van der Waals surface area contributed by atoms with E-state index in [0.29, 0.717) is 38.5 Å². The minimum absolute atomic E-state index is 0.216. The maximum Gasteiger partial charge on any atom is 0.333 e. The number of fused-ring (bicyclic) bond motifs is 1. The van der Waals surface area contributed by atoms with Crippen molar-refractivity contribution in [3.05, 3.63) is 86.7 Å². The van der Waals surface area contributed by atoms with Gasteiger partial charge in [-0.25, -0.2) is 14.8 Å². The van der Waals surface area contributed by atoms with Crippen LogP contribution in [0.1, 0.15) is 18.1 Å². The number of carbonyl (C=O) groups excluding carboxylic acids is 1. The van der Waals surface area contributed by atoms with Crippen LogP contribution in [0.25, 0.3) is 22.4 Å². The normalized spacial score (nSPS) is 13.8. The molecule has 0 N–H and O–H groups in total. The van der Waals surface area contributed by atoms with Gasteiger partial charge in [-0.3, -0.25) is 18.7 Å². The van der Waals surface area contributed by atoms with E-state index in [1.165, 1.54) is 27.6 Å². The average molecular weight is 499 g/mol. The van der Waals surface area contributed by atoms with Crippen LogP contribution in [0.2, 0.25) is 0 Å². The number of piperazine rings is 1. The van der Waals surface area contributed by atoms with Gasteiger partial charge in [0.05, 0.1) is 0 Å². The van der Waals surface area contributed by atoms with Crippen LogP contribution < -0.4 is 16.1 Å². The fourth-order valence-electron chi connectivity index (χ4n) is 4.86. The van der Waals surface area contributed by atoms with E-state index in [1.807, 2.05) is 43.3 Å². The molecule has 5 rings (SSSR count). The molecule has 0 unspecified atom stereocenters. The summed E-state index contributed by atoms with van der Waals surface area (Å²) in [4.78, 5) is 52.7. The van der Waals surface area contributed by atoms with Gasteiger partial charge in [0.2, 0.25) is 5.91 Å². The van der Waals surface area contributed by atoms with Crippen molar-refractivity contribution in [1.29, 1.82) is 0 Å². The van der Waals surface area contributed by atoms with Crippen molar-refractivity contribution in [1.82, 2.24) is 24.0 Å². The van der Waals surface area contributed by atoms with Crippen molar-refractivity contribution in [2.24, 2.45) is 0 Å². The summed E-state index contributed by atoms with van der Waals surface area (Å²) in [5, 5.41) is 0.216. The summed E-state index contributed by atoms with van der Waals surface area (Å²) >= 11 is 0. The van der Waals surface area contributed by atoms with Gasteiger partial charge in [0.15, 0.2) is 11.5 Å². The Kier molecular flexibility index (Phi) is 6.60.